The first-order chi connectivity index (χ1) is 7.75. The van der Waals surface area contributed by atoms with Gasteiger partial charge in [0.2, 0.25) is 0 Å². The zero-order valence-electron chi connectivity index (χ0n) is 8.24. The Kier molecular flexibility index (Phi) is 2.30. The lowest BCUT2D eigenvalue weighted by Crippen LogP contribution is -2.00. The molecule has 3 heteroatoms. The summed E-state index contributed by atoms with van der Waals surface area (Å²) in [4.78, 5) is 12.2. The molecule has 0 radical (unpaired) electrons. The van der Waals surface area contributed by atoms with Gasteiger partial charge in [-0.3, -0.25) is 4.79 Å². The van der Waals surface area contributed by atoms with Crippen molar-refractivity contribution < 1.29 is 0 Å². The molecule has 2 aromatic carbocycles. The van der Waals surface area contributed by atoms with Crippen LogP contribution in [0.25, 0.3) is 20.2 Å². The Balaban J connectivity index is 2.61. The second-order valence-corrected chi connectivity index (χ2v) is 5.57. The van der Waals surface area contributed by atoms with Crippen molar-refractivity contribution in [3.8, 4) is 0 Å². The Morgan fingerprint density at radius 3 is 2.56 bits per heavy atom. The highest BCUT2D eigenvalue weighted by Gasteiger charge is 2.05. The van der Waals surface area contributed by atoms with Crippen LogP contribution in [0.4, 0.5) is 0 Å². The summed E-state index contributed by atoms with van der Waals surface area (Å²) in [6.07, 6.45) is 0. The van der Waals surface area contributed by atoms with Crippen molar-refractivity contribution in [3.05, 3.63) is 57.2 Å². The predicted molar refractivity (Wildman–Crippen MR) is 73.3 cm³/mol. The molecular weight excluding hydrogens is 284 g/mol. The van der Waals surface area contributed by atoms with Crippen molar-refractivity contribution in [1.82, 2.24) is 0 Å². The van der Waals surface area contributed by atoms with E-state index < -0.39 is 0 Å². The normalized spacial score (nSPS) is 11.1. The summed E-state index contributed by atoms with van der Waals surface area (Å²) in [6, 6.07) is 13.5. The largest absolute Gasteiger partial charge is 0.289 e. The molecule has 0 amide bonds. The summed E-state index contributed by atoms with van der Waals surface area (Å²) in [6.45, 7) is 0. The molecule has 1 aromatic heterocycles. The molecule has 16 heavy (non-hydrogen) atoms. The molecule has 78 valence electrons. The van der Waals surface area contributed by atoms with Crippen LogP contribution in [0.3, 0.4) is 0 Å². The zero-order valence-corrected chi connectivity index (χ0v) is 10.6. The standard InChI is InChI=1S/C13H7BrOS/c14-8-5-6-10-12(7-8)16-11-4-2-1-3-9(11)13(10)15/h1-7H. The van der Waals surface area contributed by atoms with Crippen LogP contribution in [-0.2, 0) is 0 Å². The maximum atomic E-state index is 12.2. The lowest BCUT2D eigenvalue weighted by molar-refractivity contribution is 1.71. The predicted octanol–water partition coefficient (Wildman–Crippen LogP) is 4.18. The first-order valence-corrected chi connectivity index (χ1v) is 6.48. The second-order valence-electron chi connectivity index (χ2n) is 3.57. The van der Waals surface area contributed by atoms with E-state index in [0.29, 0.717) is 0 Å². The van der Waals surface area contributed by atoms with Gasteiger partial charge in [-0.05, 0) is 30.3 Å². The highest BCUT2D eigenvalue weighted by atomic mass is 79.9. The number of halogens is 1. The molecule has 0 atom stereocenters. The van der Waals surface area contributed by atoms with Crippen LogP contribution in [0, 0.1) is 0 Å². The van der Waals surface area contributed by atoms with E-state index in [0.717, 1.165) is 24.6 Å². The van der Waals surface area contributed by atoms with E-state index in [1.54, 1.807) is 11.3 Å². The summed E-state index contributed by atoms with van der Waals surface area (Å²) in [5, 5.41) is 1.61. The van der Waals surface area contributed by atoms with Gasteiger partial charge in [-0.1, -0.05) is 28.1 Å². The van der Waals surface area contributed by atoms with E-state index in [2.05, 4.69) is 15.9 Å². The highest BCUT2D eigenvalue weighted by molar-refractivity contribution is 9.10. The van der Waals surface area contributed by atoms with Crippen molar-refractivity contribution in [2.75, 3.05) is 0 Å². The maximum absolute atomic E-state index is 12.2. The van der Waals surface area contributed by atoms with E-state index in [-0.39, 0.29) is 5.43 Å². The van der Waals surface area contributed by atoms with Crippen LogP contribution in [-0.4, -0.2) is 0 Å². The van der Waals surface area contributed by atoms with Gasteiger partial charge in [0, 0.05) is 24.6 Å². The summed E-state index contributed by atoms with van der Waals surface area (Å²) < 4.78 is 3.07. The second kappa shape index (κ2) is 3.68. The van der Waals surface area contributed by atoms with Gasteiger partial charge in [-0.2, -0.15) is 0 Å². The average molecular weight is 291 g/mol. The van der Waals surface area contributed by atoms with Gasteiger partial charge in [0.1, 0.15) is 0 Å². The molecular formula is C13H7BrOS. The van der Waals surface area contributed by atoms with Gasteiger partial charge >= 0.3 is 0 Å². The lowest BCUT2D eigenvalue weighted by Gasteiger charge is -2.00. The average Bonchev–Trinajstić information content (AvgIpc) is 2.29. The third-order valence-corrected chi connectivity index (χ3v) is 4.17. The molecule has 3 rings (SSSR count). The number of rotatable bonds is 0. The Bertz CT molecular complexity index is 746. The molecule has 0 fully saturated rings. The van der Waals surface area contributed by atoms with Gasteiger partial charge in [-0.25, -0.2) is 0 Å². The van der Waals surface area contributed by atoms with Gasteiger partial charge in [-0.15, -0.1) is 11.3 Å². The van der Waals surface area contributed by atoms with Crippen molar-refractivity contribution >= 4 is 47.4 Å². The fourth-order valence-corrected chi connectivity index (χ4v) is 3.40. The third-order valence-electron chi connectivity index (χ3n) is 2.54. The van der Waals surface area contributed by atoms with E-state index in [1.165, 1.54) is 0 Å². The number of benzene rings is 2. The minimum Gasteiger partial charge on any atom is -0.289 e. The Morgan fingerprint density at radius 1 is 0.938 bits per heavy atom. The smallest absolute Gasteiger partial charge is 0.195 e. The fourth-order valence-electron chi connectivity index (χ4n) is 1.77. The summed E-state index contributed by atoms with van der Waals surface area (Å²) in [5.74, 6) is 0. The van der Waals surface area contributed by atoms with Gasteiger partial charge in [0.15, 0.2) is 5.43 Å². The molecule has 0 aliphatic heterocycles. The van der Waals surface area contributed by atoms with E-state index >= 15 is 0 Å². The van der Waals surface area contributed by atoms with Crippen molar-refractivity contribution in [2.45, 2.75) is 0 Å². The molecule has 3 aromatic rings. The van der Waals surface area contributed by atoms with Crippen LogP contribution in [0.2, 0.25) is 0 Å². The lowest BCUT2D eigenvalue weighted by atomic mass is 10.2. The molecule has 0 aliphatic rings. The minimum atomic E-state index is 0.122. The number of fused-ring (bicyclic) bond motifs is 2. The monoisotopic (exact) mass is 290 g/mol. The Hall–Kier alpha value is -1.19. The molecule has 0 unspecified atom stereocenters. The summed E-state index contributed by atoms with van der Waals surface area (Å²) in [7, 11) is 0. The van der Waals surface area contributed by atoms with E-state index in [9.17, 15) is 4.79 Å². The number of hydrogen-bond donors (Lipinski definition) is 0. The molecule has 0 spiro atoms. The van der Waals surface area contributed by atoms with E-state index in [4.69, 9.17) is 0 Å². The molecule has 1 nitrogen and oxygen atoms in total. The van der Waals surface area contributed by atoms with Gasteiger partial charge in [0.05, 0.1) is 0 Å². The third kappa shape index (κ3) is 1.47. The van der Waals surface area contributed by atoms with Crippen LogP contribution in [0.15, 0.2) is 51.7 Å². The summed E-state index contributed by atoms with van der Waals surface area (Å²) in [5.41, 5.74) is 0.122. The molecule has 0 N–H and O–H groups in total. The zero-order chi connectivity index (χ0) is 11.1. The van der Waals surface area contributed by atoms with Crippen LogP contribution in [0.5, 0.6) is 0 Å². The summed E-state index contributed by atoms with van der Waals surface area (Å²) >= 11 is 5.08. The van der Waals surface area contributed by atoms with Gasteiger partial charge < -0.3 is 0 Å². The topological polar surface area (TPSA) is 17.1 Å². The quantitative estimate of drug-likeness (QED) is 0.568. The van der Waals surface area contributed by atoms with E-state index in [1.807, 2.05) is 42.5 Å². The van der Waals surface area contributed by atoms with Crippen LogP contribution in [0.1, 0.15) is 0 Å². The van der Waals surface area contributed by atoms with Crippen LogP contribution < -0.4 is 5.43 Å². The molecule has 0 bridgehead atoms. The van der Waals surface area contributed by atoms with Gasteiger partial charge in [0.25, 0.3) is 0 Å². The SMILES string of the molecule is O=c1c2ccccc2sc2cc(Br)ccc12. The first-order valence-electron chi connectivity index (χ1n) is 4.87. The Labute approximate surface area is 104 Å². The van der Waals surface area contributed by atoms with Crippen molar-refractivity contribution in [2.24, 2.45) is 0 Å². The Morgan fingerprint density at radius 2 is 1.69 bits per heavy atom. The highest BCUT2D eigenvalue weighted by Crippen LogP contribution is 2.26. The first kappa shape index (κ1) is 10.00. The van der Waals surface area contributed by atoms with Crippen molar-refractivity contribution in [1.29, 1.82) is 0 Å². The molecule has 0 aliphatic carbocycles. The van der Waals surface area contributed by atoms with Crippen molar-refractivity contribution in [3.63, 3.8) is 0 Å². The fraction of sp³-hybridized carbons (Fsp3) is 0. The number of hydrogen-bond acceptors (Lipinski definition) is 2. The molecule has 0 saturated carbocycles. The molecule has 1 heterocycles. The molecule has 0 saturated heterocycles. The maximum Gasteiger partial charge on any atom is 0.195 e. The van der Waals surface area contributed by atoms with Crippen LogP contribution >= 0.6 is 27.3 Å². The minimum absolute atomic E-state index is 0.122.